The summed E-state index contributed by atoms with van der Waals surface area (Å²) in [6.07, 6.45) is 6.75. The fourth-order valence-corrected chi connectivity index (χ4v) is 3.80. The Balaban J connectivity index is 2.00. The molecular weight excluding hydrogens is 228 g/mol. The molecule has 0 bridgehead atoms. The Labute approximate surface area is 106 Å². The van der Waals surface area contributed by atoms with Crippen LogP contribution in [0.1, 0.15) is 48.6 Å². The van der Waals surface area contributed by atoms with E-state index < -0.39 is 0 Å². The molecule has 1 aliphatic carbocycles. The highest BCUT2D eigenvalue weighted by Gasteiger charge is 2.19. The van der Waals surface area contributed by atoms with Crippen molar-refractivity contribution in [3.05, 3.63) is 22.7 Å². The highest BCUT2D eigenvalue weighted by molar-refractivity contribution is 7.18. The predicted octanol–water partition coefficient (Wildman–Crippen LogP) is 4.23. The van der Waals surface area contributed by atoms with E-state index in [1.54, 1.807) is 0 Å². The Kier molecular flexibility index (Phi) is 2.79. The van der Waals surface area contributed by atoms with E-state index in [0.717, 1.165) is 16.8 Å². The van der Waals surface area contributed by atoms with Crippen LogP contribution in [-0.4, -0.2) is 4.98 Å². The molecule has 0 aliphatic heterocycles. The van der Waals surface area contributed by atoms with Crippen molar-refractivity contribution in [3.8, 4) is 0 Å². The molecule has 0 spiro atoms. The van der Waals surface area contributed by atoms with Crippen molar-refractivity contribution in [1.29, 1.82) is 0 Å². The lowest BCUT2D eigenvalue weighted by Gasteiger charge is -2.18. The van der Waals surface area contributed by atoms with Gasteiger partial charge in [0.1, 0.15) is 0 Å². The zero-order chi connectivity index (χ0) is 11.8. The number of hydrogen-bond donors (Lipinski definition) is 1. The Morgan fingerprint density at radius 3 is 2.76 bits per heavy atom. The molecule has 1 aromatic carbocycles. The summed E-state index contributed by atoms with van der Waals surface area (Å²) in [5.41, 5.74) is 9.10. The normalized spacial score (nSPS) is 17.7. The van der Waals surface area contributed by atoms with Gasteiger partial charge in [-0.2, -0.15) is 0 Å². The predicted molar refractivity (Wildman–Crippen MR) is 74.6 cm³/mol. The number of aromatic nitrogens is 1. The molecule has 3 heteroatoms. The molecule has 3 rings (SSSR count). The van der Waals surface area contributed by atoms with Crippen LogP contribution in [0.25, 0.3) is 10.2 Å². The standard InChI is InChI=1S/C14H18N2S/c1-9-7-12-13(8-11(9)15)17-14(16-12)10-5-3-2-4-6-10/h7-8,10H,2-6,15H2,1H3. The third-order valence-corrected chi connectivity index (χ3v) is 4.93. The third-order valence-electron chi connectivity index (χ3n) is 3.75. The summed E-state index contributed by atoms with van der Waals surface area (Å²) < 4.78 is 1.24. The molecule has 1 heterocycles. The van der Waals surface area contributed by atoms with Crippen LogP contribution in [0.15, 0.2) is 12.1 Å². The van der Waals surface area contributed by atoms with Gasteiger partial charge in [0.05, 0.1) is 15.2 Å². The van der Waals surface area contributed by atoms with Crippen LogP contribution >= 0.6 is 11.3 Å². The highest BCUT2D eigenvalue weighted by atomic mass is 32.1. The zero-order valence-electron chi connectivity index (χ0n) is 10.2. The van der Waals surface area contributed by atoms with Gasteiger partial charge in [0.15, 0.2) is 0 Å². The van der Waals surface area contributed by atoms with Gasteiger partial charge in [-0.3, -0.25) is 0 Å². The zero-order valence-corrected chi connectivity index (χ0v) is 11.0. The van der Waals surface area contributed by atoms with Crippen molar-refractivity contribution in [2.24, 2.45) is 0 Å². The maximum absolute atomic E-state index is 5.95. The van der Waals surface area contributed by atoms with E-state index in [1.165, 1.54) is 41.8 Å². The van der Waals surface area contributed by atoms with Gasteiger partial charge in [-0.25, -0.2) is 4.98 Å². The second kappa shape index (κ2) is 4.30. The van der Waals surface area contributed by atoms with E-state index in [9.17, 15) is 0 Å². The molecule has 0 radical (unpaired) electrons. The lowest BCUT2D eigenvalue weighted by Crippen LogP contribution is -2.03. The van der Waals surface area contributed by atoms with Gasteiger partial charge in [-0.05, 0) is 37.5 Å². The highest BCUT2D eigenvalue weighted by Crippen LogP contribution is 2.37. The number of nitrogens with two attached hydrogens (primary N) is 1. The SMILES string of the molecule is Cc1cc2nc(C3CCCCC3)sc2cc1N. The number of nitrogens with zero attached hydrogens (tertiary/aromatic N) is 1. The number of aryl methyl sites for hydroxylation is 1. The molecule has 2 N–H and O–H groups in total. The fourth-order valence-electron chi connectivity index (χ4n) is 2.64. The topological polar surface area (TPSA) is 38.9 Å². The molecule has 1 fully saturated rings. The Morgan fingerprint density at radius 1 is 1.24 bits per heavy atom. The largest absolute Gasteiger partial charge is 0.398 e. The molecule has 2 nitrogen and oxygen atoms in total. The van der Waals surface area contributed by atoms with E-state index in [4.69, 9.17) is 10.7 Å². The van der Waals surface area contributed by atoms with Crippen molar-refractivity contribution >= 4 is 27.2 Å². The second-order valence-electron chi connectivity index (χ2n) is 5.06. The van der Waals surface area contributed by atoms with Crippen molar-refractivity contribution in [2.45, 2.75) is 44.9 Å². The van der Waals surface area contributed by atoms with Crippen LogP contribution in [0, 0.1) is 6.92 Å². The number of anilines is 1. The minimum atomic E-state index is 0.697. The third kappa shape index (κ3) is 2.04. The van der Waals surface area contributed by atoms with Gasteiger partial charge in [0.25, 0.3) is 0 Å². The quantitative estimate of drug-likeness (QED) is 0.765. The lowest BCUT2D eigenvalue weighted by atomic mass is 9.90. The number of fused-ring (bicyclic) bond motifs is 1. The van der Waals surface area contributed by atoms with Crippen molar-refractivity contribution in [2.75, 3.05) is 5.73 Å². The molecule has 0 amide bonds. The summed E-state index contributed by atoms with van der Waals surface area (Å²) in [6.45, 7) is 2.05. The molecular formula is C14H18N2S. The van der Waals surface area contributed by atoms with Crippen LogP contribution in [0.5, 0.6) is 0 Å². The molecule has 1 aromatic heterocycles. The molecule has 0 saturated heterocycles. The van der Waals surface area contributed by atoms with E-state index in [1.807, 2.05) is 11.3 Å². The summed E-state index contributed by atoms with van der Waals surface area (Å²) in [5.74, 6) is 0.697. The first-order valence-corrected chi connectivity index (χ1v) is 7.22. The van der Waals surface area contributed by atoms with Crippen LogP contribution in [0.4, 0.5) is 5.69 Å². The summed E-state index contributed by atoms with van der Waals surface area (Å²) in [6, 6.07) is 4.20. The molecule has 17 heavy (non-hydrogen) atoms. The molecule has 1 saturated carbocycles. The molecule has 2 aromatic rings. The lowest BCUT2D eigenvalue weighted by molar-refractivity contribution is 0.443. The van der Waals surface area contributed by atoms with Crippen LogP contribution in [0.3, 0.4) is 0 Å². The van der Waals surface area contributed by atoms with Gasteiger partial charge < -0.3 is 5.73 Å². The number of thiazole rings is 1. The Hall–Kier alpha value is -1.09. The first kappa shape index (κ1) is 11.0. The van der Waals surface area contributed by atoms with Gasteiger partial charge in [0, 0.05) is 11.6 Å². The Morgan fingerprint density at radius 2 is 2.00 bits per heavy atom. The average molecular weight is 246 g/mol. The molecule has 1 aliphatic rings. The summed E-state index contributed by atoms with van der Waals surface area (Å²) in [7, 11) is 0. The number of benzene rings is 1. The minimum Gasteiger partial charge on any atom is -0.398 e. The number of rotatable bonds is 1. The summed E-state index contributed by atoms with van der Waals surface area (Å²) in [4.78, 5) is 4.80. The second-order valence-corrected chi connectivity index (χ2v) is 6.13. The average Bonchev–Trinajstić information content (AvgIpc) is 2.74. The minimum absolute atomic E-state index is 0.697. The number of nitrogen functional groups attached to an aromatic ring is 1. The monoisotopic (exact) mass is 246 g/mol. The van der Waals surface area contributed by atoms with Crippen molar-refractivity contribution < 1.29 is 0 Å². The van der Waals surface area contributed by atoms with Crippen molar-refractivity contribution in [1.82, 2.24) is 4.98 Å². The van der Waals surface area contributed by atoms with Gasteiger partial charge >= 0.3 is 0 Å². The van der Waals surface area contributed by atoms with Crippen LogP contribution in [0.2, 0.25) is 0 Å². The van der Waals surface area contributed by atoms with Crippen molar-refractivity contribution in [3.63, 3.8) is 0 Å². The van der Waals surface area contributed by atoms with E-state index in [-0.39, 0.29) is 0 Å². The molecule has 90 valence electrons. The van der Waals surface area contributed by atoms with Crippen LogP contribution in [-0.2, 0) is 0 Å². The maximum atomic E-state index is 5.95. The van der Waals surface area contributed by atoms with E-state index >= 15 is 0 Å². The van der Waals surface area contributed by atoms with Gasteiger partial charge in [-0.1, -0.05) is 19.3 Å². The Bertz CT molecular complexity index is 499. The van der Waals surface area contributed by atoms with Crippen LogP contribution < -0.4 is 5.73 Å². The summed E-state index contributed by atoms with van der Waals surface area (Å²) in [5, 5.41) is 1.32. The van der Waals surface area contributed by atoms with E-state index in [2.05, 4.69) is 19.1 Å². The van der Waals surface area contributed by atoms with Gasteiger partial charge in [-0.15, -0.1) is 11.3 Å². The first-order valence-electron chi connectivity index (χ1n) is 6.40. The smallest absolute Gasteiger partial charge is 0.0969 e. The van der Waals surface area contributed by atoms with Gasteiger partial charge in [0.2, 0.25) is 0 Å². The maximum Gasteiger partial charge on any atom is 0.0969 e. The first-order chi connectivity index (χ1) is 8.24. The molecule has 0 unspecified atom stereocenters. The summed E-state index contributed by atoms with van der Waals surface area (Å²) >= 11 is 1.84. The fraction of sp³-hybridized carbons (Fsp3) is 0.500. The molecule has 0 atom stereocenters. The van der Waals surface area contributed by atoms with E-state index in [0.29, 0.717) is 5.92 Å². The number of hydrogen-bond acceptors (Lipinski definition) is 3.